The van der Waals surface area contributed by atoms with Crippen molar-refractivity contribution in [1.82, 2.24) is 10.6 Å². The molecule has 0 radical (unpaired) electrons. The lowest BCUT2D eigenvalue weighted by molar-refractivity contribution is -0.143. The molecule has 0 unspecified atom stereocenters. The Balaban J connectivity index is 3.79. The minimum atomic E-state index is -1.36. The molecule has 0 heterocycles. The minimum absolute atomic E-state index is 0.00186. The zero-order valence-corrected chi connectivity index (χ0v) is 9.43. The number of urea groups is 1. The number of esters is 1. The molecule has 0 aliphatic heterocycles. The van der Waals surface area contributed by atoms with Gasteiger partial charge in [-0.05, 0) is 6.92 Å². The Bertz CT molecular complexity index is 281. The number of aliphatic carboxylic acids is 1. The van der Waals surface area contributed by atoms with Crippen molar-refractivity contribution in [2.45, 2.75) is 19.4 Å². The van der Waals surface area contributed by atoms with Crippen LogP contribution in [0.25, 0.3) is 0 Å². The fourth-order valence-electron chi connectivity index (χ4n) is 0.906. The van der Waals surface area contributed by atoms with Crippen LogP contribution >= 0.6 is 0 Å². The van der Waals surface area contributed by atoms with E-state index in [2.05, 4.69) is 10.1 Å². The van der Waals surface area contributed by atoms with E-state index < -0.39 is 30.6 Å². The van der Waals surface area contributed by atoms with E-state index in [0.717, 1.165) is 0 Å². The number of nitrogens with one attached hydrogen (secondary N) is 2. The lowest BCUT2D eigenvalue weighted by Gasteiger charge is -2.12. The second kappa shape index (κ2) is 8.34. The summed E-state index contributed by atoms with van der Waals surface area (Å²) in [7, 11) is 0. The highest BCUT2D eigenvalue weighted by Gasteiger charge is 2.18. The third-order valence-electron chi connectivity index (χ3n) is 1.71. The van der Waals surface area contributed by atoms with Gasteiger partial charge in [-0.25, -0.2) is 9.59 Å². The van der Waals surface area contributed by atoms with Crippen LogP contribution in [0.4, 0.5) is 4.79 Å². The number of rotatable bonds is 7. The average Bonchev–Trinajstić information content (AvgIpc) is 2.25. The maximum Gasteiger partial charge on any atom is 0.328 e. The molecule has 0 bridgehead atoms. The van der Waals surface area contributed by atoms with E-state index >= 15 is 0 Å². The number of ether oxygens (including phenoxy) is 1. The van der Waals surface area contributed by atoms with Crippen molar-refractivity contribution in [2.75, 3.05) is 19.8 Å². The van der Waals surface area contributed by atoms with E-state index in [1.54, 1.807) is 6.92 Å². The summed E-state index contributed by atoms with van der Waals surface area (Å²) in [6.07, 6.45) is -0.00186. The fourth-order valence-corrected chi connectivity index (χ4v) is 0.906. The van der Waals surface area contributed by atoms with Crippen LogP contribution in [0, 0.1) is 0 Å². The lowest BCUT2D eigenvalue weighted by atomic mass is 10.3. The number of carbonyl (C=O) groups excluding carboxylic acids is 2. The molecule has 0 saturated heterocycles. The van der Waals surface area contributed by atoms with Crippen molar-refractivity contribution >= 4 is 18.0 Å². The summed E-state index contributed by atoms with van der Waals surface area (Å²) in [5.74, 6) is -1.79. The highest BCUT2D eigenvalue weighted by molar-refractivity contribution is 5.82. The summed E-state index contributed by atoms with van der Waals surface area (Å²) in [6.45, 7) is 1.25. The zero-order chi connectivity index (χ0) is 13.3. The molecule has 0 fully saturated rings. The van der Waals surface area contributed by atoms with Gasteiger partial charge in [0.05, 0.1) is 19.6 Å². The first-order chi connectivity index (χ1) is 8.01. The van der Waals surface area contributed by atoms with Gasteiger partial charge in [0.2, 0.25) is 0 Å². The molecule has 0 aliphatic rings. The zero-order valence-electron chi connectivity index (χ0n) is 9.43. The van der Waals surface area contributed by atoms with Gasteiger partial charge in [-0.15, -0.1) is 0 Å². The van der Waals surface area contributed by atoms with Crippen LogP contribution in [-0.4, -0.2) is 54.0 Å². The molecule has 0 saturated carbocycles. The Kier molecular flexibility index (Phi) is 7.44. The number of amides is 2. The van der Waals surface area contributed by atoms with Crippen LogP contribution in [0.5, 0.6) is 0 Å². The summed E-state index contributed by atoms with van der Waals surface area (Å²) >= 11 is 0. The van der Waals surface area contributed by atoms with E-state index in [1.807, 2.05) is 5.32 Å². The standard InChI is InChI=1S/C9H16N2O6/c1-2-17-7(13)3-4-10-9(16)11-6(5-12)8(14)15/h6,12H,2-5H2,1H3,(H,14,15)(H2,10,11,16)/t6-/m1/s1. The quantitative estimate of drug-likeness (QED) is 0.414. The van der Waals surface area contributed by atoms with Gasteiger partial charge in [-0.2, -0.15) is 0 Å². The third kappa shape index (κ3) is 7.12. The number of carboxylic acid groups (broad SMARTS) is 1. The van der Waals surface area contributed by atoms with E-state index in [0.29, 0.717) is 0 Å². The molecule has 0 aliphatic carbocycles. The van der Waals surface area contributed by atoms with E-state index in [1.165, 1.54) is 0 Å². The van der Waals surface area contributed by atoms with Crippen molar-refractivity contribution < 1.29 is 29.3 Å². The Labute approximate surface area is 97.9 Å². The molecule has 2 amide bonds. The average molecular weight is 248 g/mol. The molecule has 0 aromatic rings. The molecule has 8 nitrogen and oxygen atoms in total. The van der Waals surface area contributed by atoms with Gasteiger partial charge in [0, 0.05) is 6.54 Å². The number of aliphatic hydroxyl groups excluding tert-OH is 1. The molecule has 0 spiro atoms. The van der Waals surface area contributed by atoms with Crippen LogP contribution in [0.15, 0.2) is 0 Å². The summed E-state index contributed by atoms with van der Waals surface area (Å²) in [5.41, 5.74) is 0. The first-order valence-corrected chi connectivity index (χ1v) is 5.04. The predicted octanol–water partition coefficient (Wildman–Crippen LogP) is -1.32. The Morgan fingerprint density at radius 2 is 2.00 bits per heavy atom. The second-order valence-electron chi connectivity index (χ2n) is 3.03. The predicted molar refractivity (Wildman–Crippen MR) is 56.3 cm³/mol. The Hall–Kier alpha value is -1.83. The number of carboxylic acids is 1. The molecule has 0 rings (SSSR count). The number of hydrogen-bond donors (Lipinski definition) is 4. The van der Waals surface area contributed by atoms with Gasteiger partial charge in [-0.3, -0.25) is 4.79 Å². The first-order valence-electron chi connectivity index (χ1n) is 5.04. The van der Waals surface area contributed by atoms with Crippen LogP contribution in [0.2, 0.25) is 0 Å². The molecule has 4 N–H and O–H groups in total. The van der Waals surface area contributed by atoms with Gasteiger partial charge in [-0.1, -0.05) is 0 Å². The largest absolute Gasteiger partial charge is 0.480 e. The Morgan fingerprint density at radius 1 is 1.35 bits per heavy atom. The van der Waals surface area contributed by atoms with Crippen molar-refractivity contribution in [3.05, 3.63) is 0 Å². The monoisotopic (exact) mass is 248 g/mol. The highest BCUT2D eigenvalue weighted by atomic mass is 16.5. The van der Waals surface area contributed by atoms with Crippen LogP contribution in [-0.2, 0) is 14.3 Å². The SMILES string of the molecule is CCOC(=O)CCNC(=O)N[C@H](CO)C(=O)O. The number of hydrogen-bond acceptors (Lipinski definition) is 5. The third-order valence-corrected chi connectivity index (χ3v) is 1.71. The van der Waals surface area contributed by atoms with Crippen LogP contribution < -0.4 is 10.6 Å². The molecule has 0 aromatic carbocycles. The molecule has 8 heteroatoms. The first kappa shape index (κ1) is 15.2. The van der Waals surface area contributed by atoms with Crippen molar-refractivity contribution in [2.24, 2.45) is 0 Å². The summed E-state index contributed by atoms with van der Waals surface area (Å²) < 4.78 is 4.62. The maximum absolute atomic E-state index is 11.1. The van der Waals surface area contributed by atoms with Crippen molar-refractivity contribution in [1.29, 1.82) is 0 Å². The molecule has 0 aromatic heterocycles. The molecular weight excluding hydrogens is 232 g/mol. The van der Waals surface area contributed by atoms with Crippen molar-refractivity contribution in [3.8, 4) is 0 Å². The number of carbonyl (C=O) groups is 3. The number of aliphatic hydroxyl groups is 1. The summed E-state index contributed by atoms with van der Waals surface area (Å²) in [4.78, 5) is 32.4. The highest BCUT2D eigenvalue weighted by Crippen LogP contribution is 1.85. The van der Waals surface area contributed by atoms with Gasteiger partial charge in [0.1, 0.15) is 0 Å². The maximum atomic E-state index is 11.1. The van der Waals surface area contributed by atoms with E-state index in [-0.39, 0.29) is 19.6 Å². The van der Waals surface area contributed by atoms with Crippen LogP contribution in [0.3, 0.4) is 0 Å². The Morgan fingerprint density at radius 3 is 2.47 bits per heavy atom. The normalized spacial score (nSPS) is 11.4. The molecule has 1 atom stereocenters. The summed E-state index contributed by atoms with van der Waals surface area (Å²) in [6, 6.07) is -2.13. The van der Waals surface area contributed by atoms with Gasteiger partial charge >= 0.3 is 18.0 Å². The van der Waals surface area contributed by atoms with Gasteiger partial charge < -0.3 is 25.6 Å². The van der Waals surface area contributed by atoms with Crippen molar-refractivity contribution in [3.63, 3.8) is 0 Å². The molecule has 17 heavy (non-hydrogen) atoms. The summed E-state index contributed by atoms with van der Waals surface area (Å²) in [5, 5.41) is 21.4. The van der Waals surface area contributed by atoms with E-state index in [9.17, 15) is 14.4 Å². The second-order valence-corrected chi connectivity index (χ2v) is 3.03. The minimum Gasteiger partial charge on any atom is -0.480 e. The van der Waals surface area contributed by atoms with Gasteiger partial charge in [0.25, 0.3) is 0 Å². The van der Waals surface area contributed by atoms with Gasteiger partial charge in [0.15, 0.2) is 6.04 Å². The molecular formula is C9H16N2O6. The molecule has 98 valence electrons. The lowest BCUT2D eigenvalue weighted by Crippen LogP contribution is -2.48. The van der Waals surface area contributed by atoms with Crippen LogP contribution in [0.1, 0.15) is 13.3 Å². The smallest absolute Gasteiger partial charge is 0.328 e. The van der Waals surface area contributed by atoms with E-state index in [4.69, 9.17) is 10.2 Å². The fraction of sp³-hybridized carbons (Fsp3) is 0.667. The topological polar surface area (TPSA) is 125 Å².